The summed E-state index contributed by atoms with van der Waals surface area (Å²) in [6.07, 6.45) is 4.00. The molecular weight excluding hydrogens is 266 g/mol. The molecule has 0 saturated heterocycles. The van der Waals surface area contributed by atoms with Gasteiger partial charge in [-0.15, -0.1) is 0 Å². The monoisotopic (exact) mass is 277 g/mol. The van der Waals surface area contributed by atoms with Crippen LogP contribution in [0.2, 0.25) is 0 Å². The van der Waals surface area contributed by atoms with Crippen LogP contribution in [0.25, 0.3) is 23.1 Å². The second-order valence-corrected chi connectivity index (χ2v) is 4.33. The second kappa shape index (κ2) is 5.51. The van der Waals surface area contributed by atoms with E-state index in [0.29, 0.717) is 28.7 Å². The van der Waals surface area contributed by atoms with Crippen LogP contribution in [-0.2, 0) is 6.42 Å². The van der Waals surface area contributed by atoms with E-state index < -0.39 is 0 Å². The quantitative estimate of drug-likeness (QED) is 0.731. The summed E-state index contributed by atoms with van der Waals surface area (Å²) in [4.78, 5) is 12.8. The molecule has 0 bridgehead atoms. The van der Waals surface area contributed by atoms with Crippen LogP contribution in [0, 0.1) is 11.3 Å². The van der Waals surface area contributed by atoms with E-state index in [-0.39, 0.29) is 0 Å². The Morgan fingerprint density at radius 3 is 2.86 bits per heavy atom. The summed E-state index contributed by atoms with van der Waals surface area (Å²) in [6, 6.07) is 9.21. The number of pyridine rings is 2. The van der Waals surface area contributed by atoms with Crippen molar-refractivity contribution in [2.45, 2.75) is 13.3 Å². The molecule has 0 amide bonds. The van der Waals surface area contributed by atoms with Crippen LogP contribution < -0.4 is 0 Å². The van der Waals surface area contributed by atoms with Crippen molar-refractivity contribution in [1.82, 2.24) is 20.1 Å². The van der Waals surface area contributed by atoms with Gasteiger partial charge in [0.15, 0.2) is 0 Å². The number of aromatic nitrogens is 4. The molecule has 3 aromatic rings. The van der Waals surface area contributed by atoms with Gasteiger partial charge in [0.2, 0.25) is 5.82 Å². The van der Waals surface area contributed by atoms with Crippen molar-refractivity contribution in [3.63, 3.8) is 0 Å². The summed E-state index contributed by atoms with van der Waals surface area (Å²) >= 11 is 0. The normalized spacial score (nSPS) is 10.3. The number of nitriles is 1. The summed E-state index contributed by atoms with van der Waals surface area (Å²) in [5.74, 6) is 0.746. The first-order chi connectivity index (χ1) is 10.3. The Labute approximate surface area is 121 Å². The molecule has 0 aliphatic carbocycles. The summed E-state index contributed by atoms with van der Waals surface area (Å²) in [5.41, 5.74) is 2.78. The highest BCUT2D eigenvalue weighted by Crippen LogP contribution is 2.22. The molecule has 0 aromatic carbocycles. The molecule has 3 rings (SSSR count). The maximum atomic E-state index is 8.76. The molecule has 0 fully saturated rings. The second-order valence-electron chi connectivity index (χ2n) is 4.33. The predicted octanol–water partition coefficient (Wildman–Crippen LogP) is 2.63. The molecule has 0 atom stereocenters. The van der Waals surface area contributed by atoms with Crippen molar-refractivity contribution >= 4 is 0 Å². The summed E-state index contributed by atoms with van der Waals surface area (Å²) in [5, 5.41) is 12.7. The number of hydrogen-bond donors (Lipinski definition) is 0. The standard InChI is InChI=1S/C15H11N5O/c1-2-11-4-3-7-17-13(11)14-19-15(21-20-14)12-6-5-10(8-16)9-18-12/h3-7,9H,2H2,1H3. The summed E-state index contributed by atoms with van der Waals surface area (Å²) in [7, 11) is 0. The lowest BCUT2D eigenvalue weighted by atomic mass is 10.1. The fraction of sp³-hybridized carbons (Fsp3) is 0.133. The lowest BCUT2D eigenvalue weighted by Gasteiger charge is -2.00. The van der Waals surface area contributed by atoms with Crippen LogP contribution in [-0.4, -0.2) is 20.1 Å². The fourth-order valence-corrected chi connectivity index (χ4v) is 1.94. The minimum Gasteiger partial charge on any atom is -0.332 e. The summed E-state index contributed by atoms with van der Waals surface area (Å²) in [6.45, 7) is 2.05. The van der Waals surface area contributed by atoms with Gasteiger partial charge in [-0.05, 0) is 30.2 Å². The Morgan fingerprint density at radius 1 is 1.24 bits per heavy atom. The minimum absolute atomic E-state index is 0.308. The summed E-state index contributed by atoms with van der Waals surface area (Å²) < 4.78 is 5.23. The van der Waals surface area contributed by atoms with E-state index in [4.69, 9.17) is 9.78 Å². The lowest BCUT2D eigenvalue weighted by Crippen LogP contribution is -1.92. The lowest BCUT2D eigenvalue weighted by molar-refractivity contribution is 0.430. The highest BCUT2D eigenvalue weighted by Gasteiger charge is 2.14. The maximum Gasteiger partial charge on any atom is 0.276 e. The Balaban J connectivity index is 1.98. The Kier molecular flexibility index (Phi) is 3.39. The van der Waals surface area contributed by atoms with Crippen LogP contribution in [0.1, 0.15) is 18.1 Å². The largest absolute Gasteiger partial charge is 0.332 e. The van der Waals surface area contributed by atoms with Crippen molar-refractivity contribution in [2.75, 3.05) is 0 Å². The van der Waals surface area contributed by atoms with Crippen molar-refractivity contribution in [3.05, 3.63) is 47.8 Å². The fourth-order valence-electron chi connectivity index (χ4n) is 1.94. The number of rotatable bonds is 3. The third kappa shape index (κ3) is 2.49. The van der Waals surface area contributed by atoms with E-state index in [2.05, 4.69) is 20.1 Å². The van der Waals surface area contributed by atoms with Gasteiger partial charge in [0, 0.05) is 12.4 Å². The van der Waals surface area contributed by atoms with Gasteiger partial charge >= 0.3 is 0 Å². The number of hydrogen-bond acceptors (Lipinski definition) is 6. The average molecular weight is 277 g/mol. The Hall–Kier alpha value is -3.07. The van der Waals surface area contributed by atoms with Gasteiger partial charge in [-0.3, -0.25) is 4.98 Å². The zero-order chi connectivity index (χ0) is 14.7. The van der Waals surface area contributed by atoms with Crippen LogP contribution in [0.3, 0.4) is 0 Å². The molecule has 3 heterocycles. The third-order valence-corrected chi connectivity index (χ3v) is 3.02. The predicted molar refractivity (Wildman–Crippen MR) is 74.9 cm³/mol. The first kappa shape index (κ1) is 12.9. The van der Waals surface area contributed by atoms with Crippen molar-refractivity contribution in [3.8, 4) is 29.2 Å². The molecule has 0 radical (unpaired) electrons. The minimum atomic E-state index is 0.308. The van der Waals surface area contributed by atoms with Crippen LogP contribution in [0.5, 0.6) is 0 Å². The van der Waals surface area contributed by atoms with Crippen molar-refractivity contribution < 1.29 is 4.52 Å². The van der Waals surface area contributed by atoms with Crippen LogP contribution in [0.4, 0.5) is 0 Å². The molecule has 0 unspecified atom stereocenters. The van der Waals surface area contributed by atoms with E-state index in [1.807, 2.05) is 25.1 Å². The van der Waals surface area contributed by atoms with Crippen LogP contribution >= 0.6 is 0 Å². The molecule has 0 aliphatic heterocycles. The molecule has 0 saturated carbocycles. The van der Waals surface area contributed by atoms with E-state index in [0.717, 1.165) is 12.0 Å². The third-order valence-electron chi connectivity index (χ3n) is 3.02. The highest BCUT2D eigenvalue weighted by atomic mass is 16.5. The molecule has 0 spiro atoms. The van der Waals surface area contributed by atoms with Crippen molar-refractivity contribution in [2.24, 2.45) is 0 Å². The van der Waals surface area contributed by atoms with Gasteiger partial charge in [-0.25, -0.2) is 4.98 Å². The molecule has 102 valence electrons. The number of aryl methyl sites for hydroxylation is 1. The highest BCUT2D eigenvalue weighted by molar-refractivity contribution is 5.57. The van der Waals surface area contributed by atoms with E-state index in [1.54, 1.807) is 18.3 Å². The first-order valence-electron chi connectivity index (χ1n) is 6.46. The zero-order valence-corrected chi connectivity index (χ0v) is 11.3. The van der Waals surface area contributed by atoms with Gasteiger partial charge < -0.3 is 4.52 Å². The average Bonchev–Trinajstić information content (AvgIpc) is 3.04. The maximum absolute atomic E-state index is 8.76. The van der Waals surface area contributed by atoms with Gasteiger partial charge in [0.05, 0.1) is 5.56 Å². The molecule has 21 heavy (non-hydrogen) atoms. The van der Waals surface area contributed by atoms with Crippen LogP contribution in [0.15, 0.2) is 41.2 Å². The molecule has 0 aliphatic rings. The van der Waals surface area contributed by atoms with E-state index >= 15 is 0 Å². The molecule has 6 heteroatoms. The Morgan fingerprint density at radius 2 is 2.14 bits per heavy atom. The number of nitrogens with zero attached hydrogens (tertiary/aromatic N) is 5. The topological polar surface area (TPSA) is 88.5 Å². The Bertz CT molecular complexity index is 801. The smallest absolute Gasteiger partial charge is 0.276 e. The zero-order valence-electron chi connectivity index (χ0n) is 11.3. The van der Waals surface area contributed by atoms with E-state index in [1.165, 1.54) is 6.20 Å². The van der Waals surface area contributed by atoms with Gasteiger partial charge in [-0.2, -0.15) is 10.2 Å². The molecular formula is C15H11N5O. The molecule has 0 N–H and O–H groups in total. The van der Waals surface area contributed by atoms with Gasteiger partial charge in [0.25, 0.3) is 5.89 Å². The van der Waals surface area contributed by atoms with Gasteiger partial charge in [-0.1, -0.05) is 18.1 Å². The molecule has 3 aromatic heterocycles. The van der Waals surface area contributed by atoms with Crippen molar-refractivity contribution in [1.29, 1.82) is 5.26 Å². The SMILES string of the molecule is CCc1cccnc1-c1noc(-c2ccc(C#N)cn2)n1. The molecule has 6 nitrogen and oxygen atoms in total. The first-order valence-corrected chi connectivity index (χ1v) is 6.46. The van der Waals surface area contributed by atoms with E-state index in [9.17, 15) is 0 Å². The van der Waals surface area contributed by atoms with Gasteiger partial charge in [0.1, 0.15) is 17.5 Å².